The topological polar surface area (TPSA) is 65.0 Å². The SMILES string of the molecule is COCCOc1c(Cl)cc(/C=C/C(=O)O)cc1OC. The number of methoxy groups -OCH3 is 2. The molecule has 1 aromatic carbocycles. The molecule has 0 saturated heterocycles. The van der Waals surface area contributed by atoms with Gasteiger partial charge in [-0.25, -0.2) is 4.79 Å². The van der Waals surface area contributed by atoms with E-state index in [1.807, 2.05) is 0 Å². The zero-order valence-corrected chi connectivity index (χ0v) is 11.4. The number of carboxylic acids is 1. The molecule has 0 aliphatic carbocycles. The predicted octanol–water partition coefficient (Wildman–Crippen LogP) is 2.47. The van der Waals surface area contributed by atoms with Crippen molar-refractivity contribution in [3.8, 4) is 11.5 Å². The van der Waals surface area contributed by atoms with E-state index < -0.39 is 5.97 Å². The molecule has 0 amide bonds. The minimum Gasteiger partial charge on any atom is -0.493 e. The molecule has 0 unspecified atom stereocenters. The van der Waals surface area contributed by atoms with E-state index in [-0.39, 0.29) is 0 Å². The zero-order chi connectivity index (χ0) is 14.3. The van der Waals surface area contributed by atoms with Crippen LogP contribution in [0.2, 0.25) is 5.02 Å². The van der Waals surface area contributed by atoms with Crippen molar-refractivity contribution in [2.45, 2.75) is 0 Å². The standard InChI is InChI=1S/C13H15ClO5/c1-17-5-6-19-13-10(14)7-9(3-4-12(15)16)8-11(13)18-2/h3-4,7-8H,5-6H2,1-2H3,(H,15,16)/b4-3+. The molecule has 1 N–H and O–H groups in total. The maximum atomic E-state index is 10.5. The van der Waals surface area contributed by atoms with Crippen molar-refractivity contribution in [2.24, 2.45) is 0 Å². The van der Waals surface area contributed by atoms with E-state index in [0.717, 1.165) is 6.08 Å². The monoisotopic (exact) mass is 286 g/mol. The first-order valence-electron chi connectivity index (χ1n) is 5.48. The van der Waals surface area contributed by atoms with E-state index in [1.165, 1.54) is 13.2 Å². The average Bonchev–Trinajstić information content (AvgIpc) is 2.38. The van der Waals surface area contributed by atoms with Crippen LogP contribution in [0.25, 0.3) is 6.08 Å². The third-order valence-corrected chi connectivity index (χ3v) is 2.48. The van der Waals surface area contributed by atoms with Crippen molar-refractivity contribution >= 4 is 23.6 Å². The Hall–Kier alpha value is -1.72. The average molecular weight is 287 g/mol. The van der Waals surface area contributed by atoms with Crippen molar-refractivity contribution < 1.29 is 24.1 Å². The molecule has 0 aliphatic heterocycles. The second kappa shape index (κ2) is 7.66. The summed E-state index contributed by atoms with van der Waals surface area (Å²) < 4.78 is 15.5. The first-order valence-corrected chi connectivity index (χ1v) is 5.86. The fourth-order valence-corrected chi connectivity index (χ4v) is 1.64. The lowest BCUT2D eigenvalue weighted by molar-refractivity contribution is -0.131. The number of aliphatic carboxylic acids is 1. The molecule has 104 valence electrons. The highest BCUT2D eigenvalue weighted by molar-refractivity contribution is 6.32. The molecule has 0 bridgehead atoms. The number of ether oxygens (including phenoxy) is 3. The Labute approximate surface area is 116 Å². The Bertz CT molecular complexity index is 470. The molecular formula is C13H15ClO5. The molecule has 0 aromatic heterocycles. The van der Waals surface area contributed by atoms with E-state index in [9.17, 15) is 4.79 Å². The van der Waals surface area contributed by atoms with Crippen LogP contribution in [0.15, 0.2) is 18.2 Å². The largest absolute Gasteiger partial charge is 0.493 e. The number of rotatable bonds is 7. The zero-order valence-electron chi connectivity index (χ0n) is 10.7. The minimum atomic E-state index is -1.03. The second-order valence-corrected chi connectivity index (χ2v) is 3.95. The Morgan fingerprint density at radius 2 is 2.11 bits per heavy atom. The molecule has 5 nitrogen and oxygen atoms in total. The van der Waals surface area contributed by atoms with Gasteiger partial charge >= 0.3 is 5.97 Å². The third-order valence-electron chi connectivity index (χ3n) is 2.20. The van der Waals surface area contributed by atoms with Gasteiger partial charge in [0.05, 0.1) is 18.7 Å². The summed E-state index contributed by atoms with van der Waals surface area (Å²) in [6.45, 7) is 0.775. The number of halogens is 1. The van der Waals surface area contributed by atoms with Gasteiger partial charge in [-0.3, -0.25) is 0 Å². The van der Waals surface area contributed by atoms with Gasteiger partial charge < -0.3 is 19.3 Å². The third kappa shape index (κ3) is 4.81. The normalized spacial score (nSPS) is 10.7. The molecular weight excluding hydrogens is 272 g/mol. The maximum Gasteiger partial charge on any atom is 0.328 e. The highest BCUT2D eigenvalue weighted by Crippen LogP contribution is 2.36. The number of hydrogen-bond donors (Lipinski definition) is 1. The van der Waals surface area contributed by atoms with Gasteiger partial charge in [-0.2, -0.15) is 0 Å². The van der Waals surface area contributed by atoms with Crippen molar-refractivity contribution in [2.75, 3.05) is 27.4 Å². The Morgan fingerprint density at radius 1 is 1.37 bits per heavy atom. The van der Waals surface area contributed by atoms with E-state index in [2.05, 4.69) is 0 Å². The number of hydrogen-bond acceptors (Lipinski definition) is 4. The Morgan fingerprint density at radius 3 is 2.68 bits per heavy atom. The maximum absolute atomic E-state index is 10.5. The van der Waals surface area contributed by atoms with Crippen LogP contribution < -0.4 is 9.47 Å². The van der Waals surface area contributed by atoms with E-state index >= 15 is 0 Å². The van der Waals surface area contributed by atoms with Gasteiger partial charge in [-0.15, -0.1) is 0 Å². The molecule has 0 fully saturated rings. The van der Waals surface area contributed by atoms with Crippen LogP contribution in [-0.4, -0.2) is 38.5 Å². The van der Waals surface area contributed by atoms with Crippen LogP contribution in [0.4, 0.5) is 0 Å². The quantitative estimate of drug-likeness (QED) is 0.616. The molecule has 0 atom stereocenters. The Balaban J connectivity index is 2.97. The lowest BCUT2D eigenvalue weighted by Crippen LogP contribution is -2.05. The van der Waals surface area contributed by atoms with Crippen LogP contribution in [0.5, 0.6) is 11.5 Å². The molecule has 6 heteroatoms. The van der Waals surface area contributed by atoms with Gasteiger partial charge in [-0.05, 0) is 23.8 Å². The summed E-state index contributed by atoms with van der Waals surface area (Å²) in [4.78, 5) is 10.5. The molecule has 0 saturated carbocycles. The van der Waals surface area contributed by atoms with Crippen LogP contribution >= 0.6 is 11.6 Å². The Kier molecular flexibility index (Phi) is 6.18. The number of carboxylic acid groups (broad SMARTS) is 1. The molecule has 1 rings (SSSR count). The van der Waals surface area contributed by atoms with Gasteiger partial charge in [0.1, 0.15) is 6.61 Å². The first-order chi connectivity index (χ1) is 9.08. The van der Waals surface area contributed by atoms with E-state index in [1.54, 1.807) is 19.2 Å². The van der Waals surface area contributed by atoms with Crippen molar-refractivity contribution in [1.82, 2.24) is 0 Å². The molecule has 1 aromatic rings. The number of carbonyl (C=O) groups is 1. The molecule has 0 aliphatic rings. The van der Waals surface area contributed by atoms with Crippen molar-refractivity contribution in [3.05, 3.63) is 28.8 Å². The highest BCUT2D eigenvalue weighted by atomic mass is 35.5. The van der Waals surface area contributed by atoms with Crippen molar-refractivity contribution in [1.29, 1.82) is 0 Å². The summed E-state index contributed by atoms with van der Waals surface area (Å²) in [6, 6.07) is 3.25. The van der Waals surface area contributed by atoms with Crippen molar-refractivity contribution in [3.63, 3.8) is 0 Å². The summed E-state index contributed by atoms with van der Waals surface area (Å²) in [6.07, 6.45) is 2.45. The van der Waals surface area contributed by atoms with Gasteiger partial charge in [0.15, 0.2) is 11.5 Å². The minimum absolute atomic E-state index is 0.344. The predicted molar refractivity (Wildman–Crippen MR) is 72.0 cm³/mol. The van der Waals surface area contributed by atoms with Gasteiger partial charge in [0.2, 0.25) is 0 Å². The summed E-state index contributed by atoms with van der Waals surface area (Å²) >= 11 is 6.08. The first kappa shape index (κ1) is 15.3. The molecule has 0 spiro atoms. The molecule has 0 radical (unpaired) electrons. The van der Waals surface area contributed by atoms with E-state index in [0.29, 0.717) is 35.3 Å². The van der Waals surface area contributed by atoms with Gasteiger partial charge in [-0.1, -0.05) is 11.6 Å². The van der Waals surface area contributed by atoms with Gasteiger partial charge in [0, 0.05) is 13.2 Å². The van der Waals surface area contributed by atoms with E-state index in [4.69, 9.17) is 30.9 Å². The second-order valence-electron chi connectivity index (χ2n) is 3.55. The van der Waals surface area contributed by atoms with Crippen LogP contribution in [0, 0.1) is 0 Å². The van der Waals surface area contributed by atoms with Gasteiger partial charge in [0.25, 0.3) is 0 Å². The lowest BCUT2D eigenvalue weighted by Gasteiger charge is -2.13. The summed E-state index contributed by atoms with van der Waals surface area (Å²) in [5, 5.41) is 8.93. The summed E-state index contributed by atoms with van der Waals surface area (Å²) in [5.41, 5.74) is 0.614. The fourth-order valence-electron chi connectivity index (χ4n) is 1.37. The fraction of sp³-hybridized carbons (Fsp3) is 0.308. The lowest BCUT2D eigenvalue weighted by atomic mass is 10.2. The van der Waals surface area contributed by atoms with Crippen LogP contribution in [-0.2, 0) is 9.53 Å². The molecule has 0 heterocycles. The van der Waals surface area contributed by atoms with Crippen LogP contribution in [0.3, 0.4) is 0 Å². The smallest absolute Gasteiger partial charge is 0.328 e. The summed E-state index contributed by atoms with van der Waals surface area (Å²) in [5.74, 6) is -0.183. The number of benzene rings is 1. The van der Waals surface area contributed by atoms with Crippen LogP contribution in [0.1, 0.15) is 5.56 Å². The summed E-state index contributed by atoms with van der Waals surface area (Å²) in [7, 11) is 3.06. The highest BCUT2D eigenvalue weighted by Gasteiger charge is 2.11. The molecule has 19 heavy (non-hydrogen) atoms.